The summed E-state index contributed by atoms with van der Waals surface area (Å²) >= 11 is 5.68. The molecule has 1 aliphatic heterocycles. The van der Waals surface area contributed by atoms with Gasteiger partial charge in [-0.05, 0) is 29.8 Å². The number of carbonyl (C=O) groups is 3. The number of para-hydroxylation sites is 1. The number of amides is 4. The van der Waals surface area contributed by atoms with Crippen LogP contribution in [-0.4, -0.2) is 40.3 Å². The number of benzene rings is 2. The van der Waals surface area contributed by atoms with Crippen LogP contribution in [0.2, 0.25) is 5.02 Å². The van der Waals surface area contributed by atoms with E-state index in [9.17, 15) is 18.8 Å². The quantitative estimate of drug-likeness (QED) is 0.560. The molecule has 4 rings (SSSR count). The van der Waals surface area contributed by atoms with Crippen molar-refractivity contribution in [3.63, 3.8) is 0 Å². The van der Waals surface area contributed by atoms with Gasteiger partial charge < -0.3 is 15.6 Å². The Morgan fingerprint density at radius 2 is 2.00 bits per heavy atom. The molecule has 1 saturated heterocycles. The number of fused-ring (bicyclic) bond motifs is 1. The summed E-state index contributed by atoms with van der Waals surface area (Å²) in [5.74, 6) is -1.68. The fourth-order valence-electron chi connectivity index (χ4n) is 3.30. The number of carbonyl (C=O) groups excluding carboxylic acids is 3. The molecule has 7 nitrogen and oxygen atoms in total. The molecule has 4 amide bonds. The number of hydrogen-bond donors (Lipinski definition) is 3. The molecular formula is C20H16ClFN4O3. The number of aromatic nitrogens is 1. The van der Waals surface area contributed by atoms with Crippen LogP contribution in [0, 0.1) is 5.82 Å². The van der Waals surface area contributed by atoms with E-state index in [1.807, 2.05) is 24.3 Å². The standard InChI is InChI=1S/C20H16ClFN4O3/c21-14-8-12(5-6-15(14)22)24-18(27)10-26-19(28)17(25-20(26)29)7-11-9-23-16-4-2-1-3-13(11)16/h1-6,8-9,17,23H,7,10H2,(H,24,27)(H,25,29)/t17-/m0/s1. The number of anilines is 1. The number of H-pyrrole nitrogens is 1. The van der Waals surface area contributed by atoms with Gasteiger partial charge in [0.1, 0.15) is 18.4 Å². The van der Waals surface area contributed by atoms with E-state index in [4.69, 9.17) is 11.6 Å². The molecule has 0 saturated carbocycles. The first-order valence-corrected chi connectivity index (χ1v) is 9.22. The summed E-state index contributed by atoms with van der Waals surface area (Å²) in [5.41, 5.74) is 2.10. The number of urea groups is 1. The minimum absolute atomic E-state index is 0.142. The van der Waals surface area contributed by atoms with Gasteiger partial charge in [0.05, 0.1) is 5.02 Å². The smallest absolute Gasteiger partial charge is 0.325 e. The molecule has 0 radical (unpaired) electrons. The Kier molecular flexibility index (Phi) is 4.94. The van der Waals surface area contributed by atoms with Gasteiger partial charge in [-0.15, -0.1) is 0 Å². The minimum atomic E-state index is -0.755. The van der Waals surface area contributed by atoms with Gasteiger partial charge in [0.2, 0.25) is 5.91 Å². The van der Waals surface area contributed by atoms with Gasteiger partial charge in [0, 0.05) is 29.2 Å². The lowest BCUT2D eigenvalue weighted by atomic mass is 10.1. The molecule has 0 aliphatic carbocycles. The normalized spacial score (nSPS) is 16.3. The lowest BCUT2D eigenvalue weighted by molar-refractivity contribution is -0.130. The Morgan fingerprint density at radius 1 is 1.21 bits per heavy atom. The Bertz CT molecular complexity index is 1130. The van der Waals surface area contributed by atoms with E-state index in [2.05, 4.69) is 15.6 Å². The molecule has 2 heterocycles. The minimum Gasteiger partial charge on any atom is -0.361 e. The molecule has 1 aromatic heterocycles. The van der Waals surface area contributed by atoms with Gasteiger partial charge in [0.15, 0.2) is 0 Å². The van der Waals surface area contributed by atoms with Crippen molar-refractivity contribution in [2.24, 2.45) is 0 Å². The highest BCUT2D eigenvalue weighted by Gasteiger charge is 2.39. The molecule has 1 atom stereocenters. The third-order valence-electron chi connectivity index (χ3n) is 4.71. The van der Waals surface area contributed by atoms with Crippen LogP contribution in [0.3, 0.4) is 0 Å². The average Bonchev–Trinajstić information content (AvgIpc) is 3.21. The topological polar surface area (TPSA) is 94.3 Å². The number of rotatable bonds is 5. The van der Waals surface area contributed by atoms with Crippen molar-refractivity contribution in [2.75, 3.05) is 11.9 Å². The van der Waals surface area contributed by atoms with Crippen LogP contribution in [0.5, 0.6) is 0 Å². The van der Waals surface area contributed by atoms with Crippen LogP contribution in [0.15, 0.2) is 48.7 Å². The maximum Gasteiger partial charge on any atom is 0.325 e. The van der Waals surface area contributed by atoms with Crippen molar-refractivity contribution in [3.8, 4) is 0 Å². The monoisotopic (exact) mass is 414 g/mol. The molecule has 1 aliphatic rings. The largest absolute Gasteiger partial charge is 0.361 e. The van der Waals surface area contributed by atoms with Gasteiger partial charge in [-0.3, -0.25) is 14.5 Å². The second-order valence-corrected chi connectivity index (χ2v) is 7.07. The zero-order chi connectivity index (χ0) is 20.5. The van der Waals surface area contributed by atoms with Gasteiger partial charge >= 0.3 is 6.03 Å². The summed E-state index contributed by atoms with van der Waals surface area (Å²) < 4.78 is 13.2. The second-order valence-electron chi connectivity index (χ2n) is 6.67. The van der Waals surface area contributed by atoms with Gasteiger partial charge in [0.25, 0.3) is 5.91 Å². The zero-order valence-corrected chi connectivity index (χ0v) is 15.8. The summed E-state index contributed by atoms with van der Waals surface area (Å²) in [5, 5.41) is 5.94. The van der Waals surface area contributed by atoms with Crippen LogP contribution >= 0.6 is 11.6 Å². The Morgan fingerprint density at radius 3 is 2.79 bits per heavy atom. The lowest BCUT2D eigenvalue weighted by Crippen LogP contribution is -2.38. The van der Waals surface area contributed by atoms with Crippen molar-refractivity contribution in [3.05, 3.63) is 65.1 Å². The third-order valence-corrected chi connectivity index (χ3v) is 5.00. The van der Waals surface area contributed by atoms with Crippen molar-refractivity contribution in [1.82, 2.24) is 15.2 Å². The highest BCUT2D eigenvalue weighted by Crippen LogP contribution is 2.22. The van der Waals surface area contributed by atoms with Gasteiger partial charge in [-0.2, -0.15) is 0 Å². The second kappa shape index (κ2) is 7.56. The third kappa shape index (κ3) is 3.79. The number of nitrogens with one attached hydrogen (secondary N) is 3. The Balaban J connectivity index is 1.42. The molecule has 0 bridgehead atoms. The van der Waals surface area contributed by atoms with Crippen molar-refractivity contribution >= 4 is 46.0 Å². The summed E-state index contributed by atoms with van der Waals surface area (Å²) in [6.07, 6.45) is 2.11. The zero-order valence-electron chi connectivity index (χ0n) is 15.0. The van der Waals surface area contributed by atoms with Crippen LogP contribution in [0.1, 0.15) is 5.56 Å². The van der Waals surface area contributed by atoms with E-state index < -0.39 is 36.2 Å². The summed E-state index contributed by atoms with van der Waals surface area (Å²) in [4.78, 5) is 41.1. The number of nitrogens with zero attached hydrogens (tertiary/aromatic N) is 1. The fraction of sp³-hybridized carbons (Fsp3) is 0.150. The Labute approximate surface area is 169 Å². The molecule has 29 heavy (non-hydrogen) atoms. The molecule has 9 heteroatoms. The average molecular weight is 415 g/mol. The first kappa shape index (κ1) is 18.9. The van der Waals surface area contributed by atoms with Crippen LogP contribution in [0.25, 0.3) is 10.9 Å². The van der Waals surface area contributed by atoms with Crippen molar-refractivity contribution in [2.45, 2.75) is 12.5 Å². The highest BCUT2D eigenvalue weighted by atomic mass is 35.5. The van der Waals surface area contributed by atoms with E-state index in [-0.39, 0.29) is 10.7 Å². The van der Waals surface area contributed by atoms with Gasteiger partial charge in [-0.25, -0.2) is 9.18 Å². The summed E-state index contributed by atoms with van der Waals surface area (Å²) in [6, 6.07) is 9.97. The van der Waals surface area contributed by atoms with E-state index >= 15 is 0 Å². The van der Waals surface area contributed by atoms with E-state index in [0.29, 0.717) is 6.42 Å². The highest BCUT2D eigenvalue weighted by molar-refractivity contribution is 6.31. The molecule has 0 unspecified atom stereocenters. The van der Waals surface area contributed by atoms with Crippen molar-refractivity contribution in [1.29, 1.82) is 0 Å². The van der Waals surface area contributed by atoms with E-state index in [1.165, 1.54) is 12.1 Å². The van der Waals surface area contributed by atoms with Crippen LogP contribution < -0.4 is 10.6 Å². The predicted octanol–water partition coefficient (Wildman–Crippen LogP) is 3.06. The molecule has 148 valence electrons. The summed E-state index contributed by atoms with van der Waals surface area (Å²) in [7, 11) is 0. The molecule has 0 spiro atoms. The maximum absolute atomic E-state index is 13.2. The number of aromatic amines is 1. The van der Waals surface area contributed by atoms with Gasteiger partial charge in [-0.1, -0.05) is 29.8 Å². The van der Waals surface area contributed by atoms with E-state index in [0.717, 1.165) is 27.4 Å². The fourth-order valence-corrected chi connectivity index (χ4v) is 3.48. The van der Waals surface area contributed by atoms with Crippen molar-refractivity contribution < 1.29 is 18.8 Å². The Hall–Kier alpha value is -3.39. The molecule has 1 fully saturated rings. The maximum atomic E-state index is 13.2. The SMILES string of the molecule is O=C(CN1C(=O)N[C@@H](Cc2c[nH]c3ccccc23)C1=O)Nc1ccc(F)c(Cl)c1. The van der Waals surface area contributed by atoms with Crippen LogP contribution in [-0.2, 0) is 16.0 Å². The molecule has 2 aromatic carbocycles. The predicted molar refractivity (Wildman–Crippen MR) is 106 cm³/mol. The number of imide groups is 1. The molecule has 3 N–H and O–H groups in total. The number of halogens is 2. The number of hydrogen-bond acceptors (Lipinski definition) is 3. The molecular weight excluding hydrogens is 399 g/mol. The first-order chi connectivity index (χ1) is 13.9. The lowest BCUT2D eigenvalue weighted by Gasteiger charge is -2.13. The summed E-state index contributed by atoms with van der Waals surface area (Å²) in [6.45, 7) is -0.454. The first-order valence-electron chi connectivity index (χ1n) is 8.84. The van der Waals surface area contributed by atoms with Crippen LogP contribution in [0.4, 0.5) is 14.9 Å². The van der Waals surface area contributed by atoms with E-state index in [1.54, 1.807) is 6.20 Å². The molecule has 3 aromatic rings.